The number of nitrogens with one attached hydrogen (secondary N) is 1. The summed E-state index contributed by atoms with van der Waals surface area (Å²) < 4.78 is 10.4. The second-order valence-electron chi connectivity index (χ2n) is 5.99. The predicted octanol–water partition coefficient (Wildman–Crippen LogP) is 1.97. The summed E-state index contributed by atoms with van der Waals surface area (Å²) in [6, 6.07) is 7.80. The minimum atomic E-state index is -0.781. The first kappa shape index (κ1) is 19.8. The average molecular weight is 405 g/mol. The largest absolute Gasteiger partial charge is 0.452 e. The van der Waals surface area contributed by atoms with Gasteiger partial charge in [-0.1, -0.05) is 6.07 Å². The number of nitro benzene ring substituents is 1. The van der Waals surface area contributed by atoms with Crippen LogP contribution in [0.5, 0.6) is 0 Å². The molecule has 0 saturated carbocycles. The van der Waals surface area contributed by atoms with Gasteiger partial charge in [-0.25, -0.2) is 4.79 Å². The maximum absolute atomic E-state index is 12.5. The SMILES string of the molecule is O=C(COC(=O)c1cc([N+](=O)[O-])ccc1N1CCOCC1)NCc1cccs1. The summed E-state index contributed by atoms with van der Waals surface area (Å²) >= 11 is 1.51. The maximum Gasteiger partial charge on any atom is 0.341 e. The van der Waals surface area contributed by atoms with Crippen LogP contribution in [0.1, 0.15) is 15.2 Å². The predicted molar refractivity (Wildman–Crippen MR) is 103 cm³/mol. The number of carbonyl (C=O) groups is 2. The van der Waals surface area contributed by atoms with Crippen LogP contribution in [0.3, 0.4) is 0 Å². The zero-order valence-corrected chi connectivity index (χ0v) is 15.8. The first-order valence-corrected chi connectivity index (χ1v) is 9.50. The summed E-state index contributed by atoms with van der Waals surface area (Å²) in [5, 5.41) is 15.6. The molecule has 2 aromatic rings. The van der Waals surface area contributed by atoms with Crippen LogP contribution in [0.25, 0.3) is 0 Å². The summed E-state index contributed by atoms with van der Waals surface area (Å²) in [5.41, 5.74) is 0.367. The number of anilines is 1. The third kappa shape index (κ3) is 5.05. The van der Waals surface area contributed by atoms with Crippen LogP contribution >= 0.6 is 11.3 Å². The third-order valence-electron chi connectivity index (χ3n) is 4.14. The number of ether oxygens (including phenoxy) is 2. The molecular weight excluding hydrogens is 386 g/mol. The lowest BCUT2D eigenvalue weighted by molar-refractivity contribution is -0.384. The quantitative estimate of drug-likeness (QED) is 0.426. The van der Waals surface area contributed by atoms with Crippen molar-refractivity contribution in [1.82, 2.24) is 5.32 Å². The van der Waals surface area contributed by atoms with Gasteiger partial charge in [-0.05, 0) is 17.5 Å². The lowest BCUT2D eigenvalue weighted by Crippen LogP contribution is -2.37. The molecule has 0 aliphatic carbocycles. The molecule has 3 rings (SSSR count). The summed E-state index contributed by atoms with van der Waals surface area (Å²) in [6.45, 7) is 1.99. The first-order valence-electron chi connectivity index (χ1n) is 8.62. The Labute approximate surface area is 165 Å². The lowest BCUT2D eigenvalue weighted by Gasteiger charge is -2.30. The van der Waals surface area contributed by atoms with Crippen LogP contribution in [0.4, 0.5) is 11.4 Å². The molecule has 1 aliphatic heterocycles. The fourth-order valence-corrected chi connectivity index (χ4v) is 3.38. The Hall–Kier alpha value is -2.98. The van der Waals surface area contributed by atoms with E-state index in [2.05, 4.69) is 5.32 Å². The van der Waals surface area contributed by atoms with E-state index in [1.165, 1.54) is 29.5 Å². The van der Waals surface area contributed by atoms with Gasteiger partial charge in [0.1, 0.15) is 0 Å². The summed E-state index contributed by atoms with van der Waals surface area (Å²) in [5.74, 6) is -1.23. The number of benzene rings is 1. The number of nitrogens with zero attached hydrogens (tertiary/aromatic N) is 2. The number of non-ortho nitro benzene ring substituents is 1. The highest BCUT2D eigenvalue weighted by Crippen LogP contribution is 2.27. The van der Waals surface area contributed by atoms with E-state index in [-0.39, 0.29) is 11.3 Å². The van der Waals surface area contributed by atoms with Crippen molar-refractivity contribution in [3.63, 3.8) is 0 Å². The average Bonchev–Trinajstić information content (AvgIpc) is 3.24. The van der Waals surface area contributed by atoms with Crippen LogP contribution in [-0.2, 0) is 20.8 Å². The van der Waals surface area contributed by atoms with Gasteiger partial charge in [0.15, 0.2) is 6.61 Å². The van der Waals surface area contributed by atoms with Crippen molar-refractivity contribution in [1.29, 1.82) is 0 Å². The highest BCUT2D eigenvalue weighted by atomic mass is 32.1. The molecule has 0 bridgehead atoms. The minimum absolute atomic E-state index is 0.0576. The van der Waals surface area contributed by atoms with Gasteiger partial charge >= 0.3 is 5.97 Å². The fraction of sp³-hybridized carbons (Fsp3) is 0.333. The van der Waals surface area contributed by atoms with Crippen LogP contribution in [0, 0.1) is 10.1 Å². The number of hydrogen-bond donors (Lipinski definition) is 1. The van der Waals surface area contributed by atoms with Crippen LogP contribution in [0.2, 0.25) is 0 Å². The number of amides is 1. The van der Waals surface area contributed by atoms with Crippen molar-refractivity contribution in [2.75, 3.05) is 37.8 Å². The number of nitro groups is 1. The van der Waals surface area contributed by atoms with Crippen molar-refractivity contribution < 1.29 is 24.0 Å². The van der Waals surface area contributed by atoms with Gasteiger partial charge in [0.25, 0.3) is 11.6 Å². The summed E-state index contributed by atoms with van der Waals surface area (Å²) in [4.78, 5) is 37.8. The fourth-order valence-electron chi connectivity index (χ4n) is 2.74. The first-order chi connectivity index (χ1) is 13.5. The summed E-state index contributed by atoms with van der Waals surface area (Å²) in [7, 11) is 0. The molecule has 10 heteroatoms. The normalized spacial score (nSPS) is 13.8. The topological polar surface area (TPSA) is 111 Å². The minimum Gasteiger partial charge on any atom is -0.452 e. The standard InChI is InChI=1S/C18H19N3O6S/c22-17(19-11-14-2-1-9-28-14)12-27-18(23)15-10-13(21(24)25)3-4-16(15)20-5-7-26-8-6-20/h1-4,9-10H,5-8,11-12H2,(H,19,22). The zero-order chi connectivity index (χ0) is 19.9. The Kier molecular flexibility index (Phi) is 6.56. The Morgan fingerprint density at radius 3 is 2.75 bits per heavy atom. The monoisotopic (exact) mass is 405 g/mol. The third-order valence-corrected chi connectivity index (χ3v) is 5.01. The molecule has 1 aliphatic rings. The van der Waals surface area contributed by atoms with E-state index in [1.807, 2.05) is 22.4 Å². The van der Waals surface area contributed by atoms with Gasteiger partial charge in [-0.3, -0.25) is 14.9 Å². The molecule has 1 amide bonds. The van der Waals surface area contributed by atoms with Crippen LogP contribution in [-0.4, -0.2) is 49.7 Å². The Balaban J connectivity index is 1.67. The molecule has 1 fully saturated rings. The molecule has 0 atom stereocenters. The van der Waals surface area contributed by atoms with Gasteiger partial charge in [0.05, 0.1) is 35.9 Å². The number of thiophene rings is 1. The number of rotatable bonds is 7. The highest BCUT2D eigenvalue weighted by molar-refractivity contribution is 7.09. The van der Waals surface area contributed by atoms with E-state index < -0.39 is 23.4 Å². The van der Waals surface area contributed by atoms with E-state index >= 15 is 0 Å². The Bertz CT molecular complexity index is 849. The molecule has 0 unspecified atom stereocenters. The van der Waals surface area contributed by atoms with Crippen molar-refractivity contribution in [3.05, 3.63) is 56.3 Å². The zero-order valence-electron chi connectivity index (χ0n) is 15.0. The van der Waals surface area contributed by atoms with Crippen molar-refractivity contribution in [2.24, 2.45) is 0 Å². The molecule has 0 spiro atoms. The number of hydrogen-bond acceptors (Lipinski definition) is 8. The molecule has 1 saturated heterocycles. The molecular formula is C18H19N3O6S. The van der Waals surface area contributed by atoms with Crippen LogP contribution < -0.4 is 10.2 Å². The van der Waals surface area contributed by atoms with E-state index in [4.69, 9.17) is 9.47 Å². The second-order valence-corrected chi connectivity index (χ2v) is 7.02. The molecule has 1 N–H and O–H groups in total. The van der Waals surface area contributed by atoms with Crippen LogP contribution in [0.15, 0.2) is 35.7 Å². The van der Waals surface area contributed by atoms with E-state index in [0.717, 1.165) is 4.88 Å². The van der Waals surface area contributed by atoms with Crippen molar-refractivity contribution in [2.45, 2.75) is 6.54 Å². The number of morpholine rings is 1. The van der Waals surface area contributed by atoms with Crippen molar-refractivity contribution in [3.8, 4) is 0 Å². The van der Waals surface area contributed by atoms with E-state index in [1.54, 1.807) is 0 Å². The van der Waals surface area contributed by atoms with Gasteiger partial charge in [-0.2, -0.15) is 0 Å². The highest BCUT2D eigenvalue weighted by Gasteiger charge is 2.23. The number of esters is 1. The van der Waals surface area contributed by atoms with Crippen molar-refractivity contribution >= 4 is 34.6 Å². The lowest BCUT2D eigenvalue weighted by atomic mass is 10.1. The Morgan fingerprint density at radius 1 is 1.29 bits per heavy atom. The molecule has 1 aromatic carbocycles. The van der Waals surface area contributed by atoms with Gasteiger partial charge in [0.2, 0.25) is 0 Å². The molecule has 148 valence electrons. The smallest absolute Gasteiger partial charge is 0.341 e. The molecule has 0 radical (unpaired) electrons. The second kappa shape index (κ2) is 9.29. The maximum atomic E-state index is 12.5. The van der Waals surface area contributed by atoms with E-state index in [0.29, 0.717) is 38.5 Å². The van der Waals surface area contributed by atoms with Gasteiger partial charge < -0.3 is 19.7 Å². The van der Waals surface area contributed by atoms with Gasteiger partial charge in [0, 0.05) is 30.1 Å². The van der Waals surface area contributed by atoms with Gasteiger partial charge in [-0.15, -0.1) is 11.3 Å². The summed E-state index contributed by atoms with van der Waals surface area (Å²) in [6.07, 6.45) is 0. The molecule has 1 aromatic heterocycles. The molecule has 28 heavy (non-hydrogen) atoms. The number of carbonyl (C=O) groups excluding carboxylic acids is 2. The molecule has 9 nitrogen and oxygen atoms in total. The van der Waals surface area contributed by atoms with E-state index in [9.17, 15) is 19.7 Å². The Morgan fingerprint density at radius 2 is 2.07 bits per heavy atom. The molecule has 2 heterocycles.